The molecule has 2 amide bonds. The van der Waals surface area contributed by atoms with Crippen molar-refractivity contribution >= 4 is 39.1 Å². The molecule has 0 aromatic heterocycles. The van der Waals surface area contributed by atoms with Gasteiger partial charge in [-0.05, 0) is 59.7 Å². The molecule has 3 aromatic rings. The lowest BCUT2D eigenvalue weighted by Gasteiger charge is -2.32. The molecule has 0 aliphatic carbocycles. The number of amides is 2. The van der Waals surface area contributed by atoms with E-state index in [1.54, 1.807) is 29.2 Å². The second kappa shape index (κ2) is 15.8. The van der Waals surface area contributed by atoms with E-state index in [0.717, 1.165) is 23.1 Å². The van der Waals surface area contributed by atoms with E-state index in [4.69, 9.17) is 11.6 Å². The van der Waals surface area contributed by atoms with Crippen molar-refractivity contribution in [2.24, 2.45) is 5.92 Å². The van der Waals surface area contributed by atoms with Crippen LogP contribution in [-0.2, 0) is 39.0 Å². The minimum Gasteiger partial charge on any atom is -0.354 e. The highest BCUT2D eigenvalue weighted by Crippen LogP contribution is 2.21. The molecule has 3 rings (SSSR count). The molecule has 0 heterocycles. The highest BCUT2D eigenvalue weighted by atomic mass is 35.5. The summed E-state index contributed by atoms with van der Waals surface area (Å²) < 4.78 is 26.7. The Morgan fingerprint density at radius 2 is 1.50 bits per heavy atom. The zero-order valence-corrected chi connectivity index (χ0v) is 26.5. The molecule has 0 aliphatic rings. The van der Waals surface area contributed by atoms with Crippen LogP contribution >= 0.6 is 11.6 Å². The molecular formula is C33H42ClN3O4S. The van der Waals surface area contributed by atoms with Gasteiger partial charge in [0.1, 0.15) is 6.04 Å². The van der Waals surface area contributed by atoms with E-state index in [1.807, 2.05) is 75.4 Å². The molecule has 0 bridgehead atoms. The Morgan fingerprint density at radius 1 is 0.881 bits per heavy atom. The number of nitrogens with one attached hydrogen (secondary N) is 1. The van der Waals surface area contributed by atoms with E-state index in [9.17, 15) is 18.0 Å². The van der Waals surface area contributed by atoms with Crippen molar-refractivity contribution in [2.75, 3.05) is 23.7 Å². The van der Waals surface area contributed by atoms with Gasteiger partial charge in [-0.15, -0.1) is 0 Å². The number of rotatable bonds is 15. The van der Waals surface area contributed by atoms with Gasteiger partial charge in [0.2, 0.25) is 21.8 Å². The summed E-state index contributed by atoms with van der Waals surface area (Å²) in [7, 11) is -3.56. The van der Waals surface area contributed by atoms with Crippen molar-refractivity contribution in [3.8, 4) is 0 Å². The lowest BCUT2D eigenvalue weighted by molar-refractivity contribution is -0.141. The van der Waals surface area contributed by atoms with Crippen LogP contribution in [0.1, 0.15) is 50.3 Å². The van der Waals surface area contributed by atoms with Crippen molar-refractivity contribution in [1.82, 2.24) is 10.2 Å². The molecule has 0 fully saturated rings. The molecule has 0 spiro atoms. The largest absolute Gasteiger partial charge is 0.354 e. The van der Waals surface area contributed by atoms with E-state index in [1.165, 1.54) is 10.6 Å². The first kappa shape index (κ1) is 33.1. The van der Waals surface area contributed by atoms with Crippen LogP contribution in [-0.4, -0.2) is 50.5 Å². The van der Waals surface area contributed by atoms with Crippen LogP contribution in [0.5, 0.6) is 0 Å². The average molecular weight is 612 g/mol. The van der Waals surface area contributed by atoms with Crippen molar-refractivity contribution in [3.63, 3.8) is 0 Å². The van der Waals surface area contributed by atoms with Gasteiger partial charge in [-0.1, -0.05) is 87.0 Å². The van der Waals surface area contributed by atoms with Gasteiger partial charge in [-0.3, -0.25) is 13.9 Å². The Labute approximate surface area is 255 Å². The van der Waals surface area contributed by atoms with E-state index >= 15 is 0 Å². The number of benzene rings is 3. The second-order valence-electron chi connectivity index (χ2n) is 11.0. The fourth-order valence-electron chi connectivity index (χ4n) is 4.66. The summed E-state index contributed by atoms with van der Waals surface area (Å²) in [6.07, 6.45) is 2.75. The predicted octanol–water partition coefficient (Wildman–Crippen LogP) is 5.86. The molecule has 7 nitrogen and oxygen atoms in total. The molecule has 42 heavy (non-hydrogen) atoms. The second-order valence-corrected chi connectivity index (χ2v) is 13.3. The number of halogens is 1. The van der Waals surface area contributed by atoms with Gasteiger partial charge in [-0.2, -0.15) is 0 Å². The minimum absolute atomic E-state index is 0.0788. The van der Waals surface area contributed by atoms with E-state index in [2.05, 4.69) is 5.32 Å². The quantitative estimate of drug-likeness (QED) is 0.233. The van der Waals surface area contributed by atoms with Gasteiger partial charge in [0.15, 0.2) is 0 Å². The topological polar surface area (TPSA) is 86.8 Å². The van der Waals surface area contributed by atoms with Gasteiger partial charge in [0.05, 0.1) is 11.9 Å². The third-order valence-corrected chi connectivity index (χ3v) is 8.45. The Morgan fingerprint density at radius 3 is 2.07 bits per heavy atom. The molecule has 0 aliphatic heterocycles. The van der Waals surface area contributed by atoms with Crippen LogP contribution in [0.2, 0.25) is 5.02 Å². The molecule has 1 N–H and O–H groups in total. The molecule has 3 aromatic carbocycles. The molecule has 226 valence electrons. The first-order valence-corrected chi connectivity index (χ1v) is 16.6. The molecule has 0 unspecified atom stereocenters. The van der Waals surface area contributed by atoms with Crippen LogP contribution in [0, 0.1) is 5.92 Å². The molecular weight excluding hydrogens is 570 g/mol. The number of anilines is 1. The number of aryl methyl sites for hydroxylation is 1. The van der Waals surface area contributed by atoms with Gasteiger partial charge >= 0.3 is 0 Å². The third-order valence-electron chi connectivity index (χ3n) is 7.01. The summed E-state index contributed by atoms with van der Waals surface area (Å²) >= 11 is 6.11. The lowest BCUT2D eigenvalue weighted by atomic mass is 10.0. The maximum absolute atomic E-state index is 13.9. The smallest absolute Gasteiger partial charge is 0.243 e. The number of hydrogen-bond donors (Lipinski definition) is 1. The summed E-state index contributed by atoms with van der Waals surface area (Å²) in [6, 6.07) is 23.5. The zero-order chi connectivity index (χ0) is 30.7. The summed E-state index contributed by atoms with van der Waals surface area (Å²) in [5, 5.41) is 3.60. The number of sulfonamides is 1. The summed E-state index contributed by atoms with van der Waals surface area (Å²) in [6.45, 7) is 6.94. The normalized spacial score (nSPS) is 12.1. The maximum atomic E-state index is 13.9. The van der Waals surface area contributed by atoms with Crippen molar-refractivity contribution in [3.05, 3.63) is 101 Å². The number of carbonyl (C=O) groups is 2. The molecule has 9 heteroatoms. The minimum atomic E-state index is -3.56. The van der Waals surface area contributed by atoms with Crippen LogP contribution in [0.3, 0.4) is 0 Å². The zero-order valence-electron chi connectivity index (χ0n) is 24.9. The van der Waals surface area contributed by atoms with E-state index < -0.39 is 16.1 Å². The van der Waals surface area contributed by atoms with Gasteiger partial charge < -0.3 is 10.2 Å². The maximum Gasteiger partial charge on any atom is 0.243 e. The van der Waals surface area contributed by atoms with Crippen LogP contribution < -0.4 is 9.62 Å². The Bertz CT molecular complexity index is 1400. The average Bonchev–Trinajstić information content (AvgIpc) is 2.96. The number of carbonyl (C=O) groups excluding carboxylic acids is 2. The van der Waals surface area contributed by atoms with Crippen molar-refractivity contribution in [1.29, 1.82) is 0 Å². The SMILES string of the molecule is CCc1ccc(N(CCCC(=O)N(Cc2ccc(Cl)cc2)[C@@H](Cc2ccccc2)C(=O)NCC(C)C)S(C)(=O)=O)cc1. The standard InChI is InChI=1S/C33H42ClN3O4S/c1-5-26-15-19-30(20-16-26)37(42(4,40)41)21-9-12-32(38)36(24-28-13-17-29(34)18-14-28)31(33(39)35-23-25(2)3)22-27-10-7-6-8-11-27/h6-8,10-11,13-20,25,31H,5,9,12,21-24H2,1-4H3,(H,35,39)/t31-/m0/s1. The highest BCUT2D eigenvalue weighted by Gasteiger charge is 2.30. The predicted molar refractivity (Wildman–Crippen MR) is 171 cm³/mol. The number of hydrogen-bond acceptors (Lipinski definition) is 4. The monoisotopic (exact) mass is 611 g/mol. The van der Waals surface area contributed by atoms with Gasteiger partial charge in [0, 0.05) is 37.5 Å². The van der Waals surface area contributed by atoms with E-state index in [0.29, 0.717) is 30.1 Å². The van der Waals surface area contributed by atoms with Crippen LogP contribution in [0.15, 0.2) is 78.9 Å². The molecule has 0 saturated carbocycles. The first-order chi connectivity index (χ1) is 20.0. The van der Waals surface area contributed by atoms with Crippen molar-refractivity contribution < 1.29 is 18.0 Å². The lowest BCUT2D eigenvalue weighted by Crippen LogP contribution is -2.51. The first-order valence-electron chi connectivity index (χ1n) is 14.4. The fraction of sp³-hybridized carbons (Fsp3) is 0.394. The third kappa shape index (κ3) is 10.2. The molecule has 0 radical (unpaired) electrons. The van der Waals surface area contributed by atoms with Gasteiger partial charge in [-0.25, -0.2) is 8.42 Å². The Hall–Kier alpha value is -3.36. The summed E-state index contributed by atoms with van der Waals surface area (Å²) in [5.41, 5.74) is 3.46. The Kier molecular flexibility index (Phi) is 12.4. The van der Waals surface area contributed by atoms with Gasteiger partial charge in [0.25, 0.3) is 0 Å². The summed E-state index contributed by atoms with van der Waals surface area (Å²) in [5.74, 6) is -0.191. The van der Waals surface area contributed by atoms with Crippen LogP contribution in [0.4, 0.5) is 5.69 Å². The summed E-state index contributed by atoms with van der Waals surface area (Å²) in [4.78, 5) is 29.1. The molecule has 1 atom stereocenters. The highest BCUT2D eigenvalue weighted by molar-refractivity contribution is 7.92. The molecule has 0 saturated heterocycles. The Balaban J connectivity index is 1.86. The number of nitrogens with zero attached hydrogens (tertiary/aromatic N) is 2. The van der Waals surface area contributed by atoms with Crippen molar-refractivity contribution in [2.45, 2.75) is 59.0 Å². The van der Waals surface area contributed by atoms with E-state index in [-0.39, 0.29) is 37.2 Å². The fourth-order valence-corrected chi connectivity index (χ4v) is 5.76. The van der Waals surface area contributed by atoms with Crippen LogP contribution in [0.25, 0.3) is 0 Å².